The Labute approximate surface area is 103 Å². The van der Waals surface area contributed by atoms with E-state index in [9.17, 15) is 0 Å². The highest BCUT2D eigenvalue weighted by molar-refractivity contribution is 7.98. The third-order valence-corrected chi connectivity index (χ3v) is 3.30. The summed E-state index contributed by atoms with van der Waals surface area (Å²) in [5.41, 5.74) is 1.29. The summed E-state index contributed by atoms with van der Waals surface area (Å²) in [6.07, 6.45) is 7.17. The van der Waals surface area contributed by atoms with E-state index in [1.54, 1.807) is 0 Å². The lowest BCUT2D eigenvalue weighted by Gasteiger charge is -2.22. The molecule has 1 aromatic rings. The largest absolute Gasteiger partial charge is 0.310 e. The van der Waals surface area contributed by atoms with Gasteiger partial charge in [-0.25, -0.2) is 0 Å². The zero-order valence-corrected chi connectivity index (χ0v) is 11.3. The van der Waals surface area contributed by atoms with Gasteiger partial charge in [-0.2, -0.15) is 11.8 Å². The Hall–Kier alpha value is -0.540. The van der Waals surface area contributed by atoms with Crippen LogP contribution in [0.5, 0.6) is 0 Å². The van der Waals surface area contributed by atoms with Crippen molar-refractivity contribution in [2.75, 3.05) is 18.6 Å². The van der Waals surface area contributed by atoms with Gasteiger partial charge in [0, 0.05) is 18.4 Å². The Bertz CT molecular complexity index is 275. The van der Waals surface area contributed by atoms with E-state index in [1.807, 2.05) is 30.2 Å². The topological polar surface area (TPSA) is 24.9 Å². The van der Waals surface area contributed by atoms with Gasteiger partial charge in [-0.1, -0.05) is 19.9 Å². The first kappa shape index (κ1) is 13.5. The van der Waals surface area contributed by atoms with Crippen LogP contribution in [0, 0.1) is 5.92 Å². The van der Waals surface area contributed by atoms with Gasteiger partial charge >= 0.3 is 0 Å². The summed E-state index contributed by atoms with van der Waals surface area (Å²) in [5, 5.41) is 3.62. The molecule has 0 radical (unpaired) electrons. The summed E-state index contributed by atoms with van der Waals surface area (Å²) >= 11 is 1.91. The van der Waals surface area contributed by atoms with Crippen LogP contribution < -0.4 is 5.32 Å². The Balaban J connectivity index is 2.49. The molecule has 3 heteroatoms. The molecule has 0 aliphatic carbocycles. The van der Waals surface area contributed by atoms with Crippen molar-refractivity contribution in [3.63, 3.8) is 0 Å². The standard InChI is InChI=1S/C13H22N2S/c1-11(2)13(15-8-5-9-16-3)12-6-4-7-14-10-12/h4,6-7,10-11,13,15H,5,8-9H2,1-3H3. The second kappa shape index (κ2) is 7.69. The Morgan fingerprint density at radius 2 is 2.25 bits per heavy atom. The van der Waals surface area contributed by atoms with E-state index in [4.69, 9.17) is 0 Å². The fourth-order valence-corrected chi connectivity index (χ4v) is 2.21. The van der Waals surface area contributed by atoms with Gasteiger partial charge < -0.3 is 5.32 Å². The summed E-state index contributed by atoms with van der Waals surface area (Å²) in [6.45, 7) is 5.58. The molecule has 1 N–H and O–H groups in total. The van der Waals surface area contributed by atoms with Crippen molar-refractivity contribution in [1.29, 1.82) is 0 Å². The maximum absolute atomic E-state index is 4.19. The molecule has 1 atom stereocenters. The third-order valence-electron chi connectivity index (χ3n) is 2.60. The van der Waals surface area contributed by atoms with Crippen LogP contribution in [0.15, 0.2) is 24.5 Å². The minimum atomic E-state index is 0.426. The summed E-state index contributed by atoms with van der Waals surface area (Å²) in [7, 11) is 0. The molecule has 0 saturated carbocycles. The van der Waals surface area contributed by atoms with Crippen molar-refractivity contribution >= 4 is 11.8 Å². The van der Waals surface area contributed by atoms with E-state index in [2.05, 4.69) is 36.5 Å². The molecule has 0 fully saturated rings. The number of aromatic nitrogens is 1. The molecule has 1 unspecified atom stereocenters. The molecule has 1 aromatic heterocycles. The van der Waals surface area contributed by atoms with Crippen LogP contribution in [-0.2, 0) is 0 Å². The fraction of sp³-hybridized carbons (Fsp3) is 0.615. The molecular weight excluding hydrogens is 216 g/mol. The van der Waals surface area contributed by atoms with E-state index in [0.717, 1.165) is 6.54 Å². The van der Waals surface area contributed by atoms with E-state index >= 15 is 0 Å². The van der Waals surface area contributed by atoms with Crippen LogP contribution >= 0.6 is 11.8 Å². The number of rotatable bonds is 7. The van der Waals surface area contributed by atoms with Crippen molar-refractivity contribution in [2.24, 2.45) is 5.92 Å². The molecule has 16 heavy (non-hydrogen) atoms. The zero-order valence-electron chi connectivity index (χ0n) is 10.4. The molecule has 0 amide bonds. The van der Waals surface area contributed by atoms with Crippen LogP contribution in [0.1, 0.15) is 31.9 Å². The first-order chi connectivity index (χ1) is 7.75. The van der Waals surface area contributed by atoms with Crippen molar-refractivity contribution in [1.82, 2.24) is 10.3 Å². The number of thioether (sulfide) groups is 1. The van der Waals surface area contributed by atoms with E-state index in [1.165, 1.54) is 17.7 Å². The Kier molecular flexibility index (Phi) is 6.50. The zero-order chi connectivity index (χ0) is 11.8. The highest BCUT2D eigenvalue weighted by Gasteiger charge is 2.14. The lowest BCUT2D eigenvalue weighted by Crippen LogP contribution is -2.27. The molecule has 0 spiro atoms. The predicted octanol–water partition coefficient (Wildman–Crippen LogP) is 3.12. The van der Waals surface area contributed by atoms with Gasteiger partial charge in [0.25, 0.3) is 0 Å². The van der Waals surface area contributed by atoms with E-state index < -0.39 is 0 Å². The number of nitrogens with one attached hydrogen (secondary N) is 1. The second-order valence-corrected chi connectivity index (χ2v) is 5.29. The maximum Gasteiger partial charge on any atom is 0.0358 e. The minimum absolute atomic E-state index is 0.426. The molecule has 0 saturated heterocycles. The number of hydrogen-bond acceptors (Lipinski definition) is 3. The lowest BCUT2D eigenvalue weighted by atomic mass is 9.97. The highest BCUT2D eigenvalue weighted by atomic mass is 32.2. The van der Waals surface area contributed by atoms with E-state index in [-0.39, 0.29) is 0 Å². The Morgan fingerprint density at radius 3 is 2.81 bits per heavy atom. The smallest absolute Gasteiger partial charge is 0.0358 e. The van der Waals surface area contributed by atoms with Crippen LogP contribution in [0.25, 0.3) is 0 Å². The molecule has 2 nitrogen and oxygen atoms in total. The quantitative estimate of drug-likeness (QED) is 0.739. The second-order valence-electron chi connectivity index (χ2n) is 4.31. The lowest BCUT2D eigenvalue weighted by molar-refractivity contribution is 0.412. The summed E-state index contributed by atoms with van der Waals surface area (Å²) < 4.78 is 0. The van der Waals surface area contributed by atoms with Gasteiger partial charge in [-0.05, 0) is 42.5 Å². The van der Waals surface area contributed by atoms with Crippen molar-refractivity contribution < 1.29 is 0 Å². The summed E-state index contributed by atoms with van der Waals surface area (Å²) in [5.74, 6) is 1.82. The Morgan fingerprint density at radius 1 is 1.44 bits per heavy atom. The number of hydrogen-bond donors (Lipinski definition) is 1. The van der Waals surface area contributed by atoms with Gasteiger partial charge in [-0.3, -0.25) is 4.98 Å². The molecule has 0 aromatic carbocycles. The number of nitrogens with zero attached hydrogens (tertiary/aromatic N) is 1. The predicted molar refractivity (Wildman–Crippen MR) is 72.8 cm³/mol. The molecule has 0 aliphatic rings. The first-order valence-electron chi connectivity index (χ1n) is 5.88. The monoisotopic (exact) mass is 238 g/mol. The van der Waals surface area contributed by atoms with Gasteiger partial charge in [0.2, 0.25) is 0 Å². The van der Waals surface area contributed by atoms with Crippen LogP contribution in [0.3, 0.4) is 0 Å². The minimum Gasteiger partial charge on any atom is -0.310 e. The highest BCUT2D eigenvalue weighted by Crippen LogP contribution is 2.20. The van der Waals surface area contributed by atoms with Crippen LogP contribution in [0.4, 0.5) is 0 Å². The van der Waals surface area contributed by atoms with Gasteiger partial charge in [0.1, 0.15) is 0 Å². The average molecular weight is 238 g/mol. The maximum atomic E-state index is 4.19. The van der Waals surface area contributed by atoms with Crippen molar-refractivity contribution in [3.05, 3.63) is 30.1 Å². The van der Waals surface area contributed by atoms with Crippen LogP contribution in [0.2, 0.25) is 0 Å². The van der Waals surface area contributed by atoms with Crippen molar-refractivity contribution in [2.45, 2.75) is 26.3 Å². The fourth-order valence-electron chi connectivity index (χ4n) is 1.77. The van der Waals surface area contributed by atoms with Crippen LogP contribution in [-0.4, -0.2) is 23.5 Å². The molecule has 90 valence electrons. The first-order valence-corrected chi connectivity index (χ1v) is 7.27. The SMILES string of the molecule is CSCCCNC(c1cccnc1)C(C)C. The molecule has 1 heterocycles. The number of pyridine rings is 1. The normalized spacial score (nSPS) is 13.0. The van der Waals surface area contributed by atoms with Gasteiger partial charge in [0.15, 0.2) is 0 Å². The summed E-state index contributed by atoms with van der Waals surface area (Å²) in [6, 6.07) is 4.59. The molecule has 0 bridgehead atoms. The van der Waals surface area contributed by atoms with Gasteiger partial charge in [-0.15, -0.1) is 0 Å². The average Bonchev–Trinajstić information content (AvgIpc) is 2.30. The molecule has 0 aliphatic heterocycles. The third kappa shape index (κ3) is 4.54. The molecule has 1 rings (SSSR count). The molecular formula is C13H22N2S. The van der Waals surface area contributed by atoms with Crippen molar-refractivity contribution in [3.8, 4) is 0 Å². The summed E-state index contributed by atoms with van der Waals surface area (Å²) in [4.78, 5) is 4.19. The van der Waals surface area contributed by atoms with Gasteiger partial charge in [0.05, 0.1) is 0 Å². The van der Waals surface area contributed by atoms with E-state index in [0.29, 0.717) is 12.0 Å².